The molecule has 0 atom stereocenters. The fourth-order valence-electron chi connectivity index (χ4n) is 1.60. The number of carbonyl (C=O) groups excluding carboxylic acids is 1. The molecule has 2 heterocycles. The SMILES string of the molecule is CCSc1ccc(C(=O)N(C)c2ccc(Cl)cn2)cn1. The molecular formula is C14H14ClN3OS. The Kier molecular flexibility index (Phi) is 4.98. The van der Waals surface area contributed by atoms with E-state index in [9.17, 15) is 4.79 Å². The number of hydrogen-bond acceptors (Lipinski definition) is 4. The molecule has 0 aliphatic rings. The maximum absolute atomic E-state index is 12.3. The minimum absolute atomic E-state index is 0.152. The average Bonchev–Trinajstić information content (AvgIpc) is 2.48. The molecule has 2 rings (SSSR count). The van der Waals surface area contributed by atoms with E-state index >= 15 is 0 Å². The topological polar surface area (TPSA) is 46.1 Å². The van der Waals surface area contributed by atoms with Gasteiger partial charge in [0.2, 0.25) is 0 Å². The standard InChI is InChI=1S/C14H14ClN3OS/c1-3-20-13-7-4-10(8-17-13)14(19)18(2)12-6-5-11(15)9-16-12/h4-9H,3H2,1-2H3. The van der Waals surface area contributed by atoms with E-state index in [0.717, 1.165) is 10.8 Å². The highest BCUT2D eigenvalue weighted by molar-refractivity contribution is 7.99. The van der Waals surface area contributed by atoms with Gasteiger partial charge in [0.05, 0.1) is 15.6 Å². The van der Waals surface area contributed by atoms with Gasteiger partial charge < -0.3 is 0 Å². The molecule has 2 aromatic heterocycles. The molecule has 0 aliphatic heterocycles. The molecule has 1 amide bonds. The molecule has 4 nitrogen and oxygen atoms in total. The van der Waals surface area contributed by atoms with Crippen molar-refractivity contribution in [1.82, 2.24) is 9.97 Å². The molecule has 0 fully saturated rings. The fourth-order valence-corrected chi connectivity index (χ4v) is 2.30. The molecule has 104 valence electrons. The number of aromatic nitrogens is 2. The summed E-state index contributed by atoms with van der Waals surface area (Å²) in [7, 11) is 1.67. The van der Waals surface area contributed by atoms with Crippen LogP contribution in [-0.4, -0.2) is 28.7 Å². The second-order valence-electron chi connectivity index (χ2n) is 4.02. The molecule has 0 saturated carbocycles. The lowest BCUT2D eigenvalue weighted by Gasteiger charge is -2.16. The van der Waals surface area contributed by atoms with Gasteiger partial charge in [-0.1, -0.05) is 18.5 Å². The molecular weight excluding hydrogens is 294 g/mol. The van der Waals surface area contributed by atoms with Gasteiger partial charge in [-0.05, 0) is 30.0 Å². The van der Waals surface area contributed by atoms with Gasteiger partial charge in [-0.3, -0.25) is 9.69 Å². The third kappa shape index (κ3) is 3.49. The summed E-state index contributed by atoms with van der Waals surface area (Å²) in [6, 6.07) is 7.03. The quantitative estimate of drug-likeness (QED) is 0.811. The minimum Gasteiger partial charge on any atom is -0.296 e. The fraction of sp³-hybridized carbons (Fsp3) is 0.214. The maximum Gasteiger partial charge on any atom is 0.260 e. The van der Waals surface area contributed by atoms with E-state index in [1.54, 1.807) is 43.2 Å². The highest BCUT2D eigenvalue weighted by Gasteiger charge is 2.14. The summed E-state index contributed by atoms with van der Waals surface area (Å²) in [6.07, 6.45) is 3.10. The van der Waals surface area contributed by atoms with Gasteiger partial charge in [0, 0.05) is 19.4 Å². The van der Waals surface area contributed by atoms with Gasteiger partial charge in [0.15, 0.2) is 0 Å². The number of nitrogens with zero attached hydrogens (tertiary/aromatic N) is 3. The van der Waals surface area contributed by atoms with Gasteiger partial charge in [-0.2, -0.15) is 0 Å². The van der Waals surface area contributed by atoms with E-state index in [-0.39, 0.29) is 5.91 Å². The number of carbonyl (C=O) groups is 1. The largest absolute Gasteiger partial charge is 0.296 e. The lowest BCUT2D eigenvalue weighted by molar-refractivity contribution is 0.0992. The third-order valence-corrected chi connectivity index (χ3v) is 3.69. The lowest BCUT2D eigenvalue weighted by atomic mass is 10.2. The second kappa shape index (κ2) is 6.72. The number of rotatable bonds is 4. The van der Waals surface area contributed by atoms with E-state index in [1.165, 1.54) is 11.1 Å². The summed E-state index contributed by atoms with van der Waals surface area (Å²) in [4.78, 5) is 22.2. The summed E-state index contributed by atoms with van der Waals surface area (Å²) in [5.41, 5.74) is 0.532. The Morgan fingerprint density at radius 2 is 2.05 bits per heavy atom. The van der Waals surface area contributed by atoms with E-state index < -0.39 is 0 Å². The van der Waals surface area contributed by atoms with Crippen LogP contribution >= 0.6 is 23.4 Å². The zero-order valence-corrected chi connectivity index (χ0v) is 12.8. The predicted molar refractivity (Wildman–Crippen MR) is 82.6 cm³/mol. The van der Waals surface area contributed by atoms with E-state index in [0.29, 0.717) is 16.4 Å². The predicted octanol–water partition coefficient (Wildman–Crippen LogP) is 3.52. The highest BCUT2D eigenvalue weighted by atomic mass is 35.5. The Labute approximate surface area is 127 Å². The van der Waals surface area contributed by atoms with Crippen molar-refractivity contribution in [3.63, 3.8) is 0 Å². The van der Waals surface area contributed by atoms with Crippen LogP contribution in [0.15, 0.2) is 41.7 Å². The van der Waals surface area contributed by atoms with E-state index in [2.05, 4.69) is 16.9 Å². The first-order chi connectivity index (χ1) is 9.61. The molecule has 2 aromatic rings. The van der Waals surface area contributed by atoms with Crippen molar-refractivity contribution in [1.29, 1.82) is 0 Å². The number of anilines is 1. The van der Waals surface area contributed by atoms with Crippen molar-refractivity contribution in [2.24, 2.45) is 0 Å². The van der Waals surface area contributed by atoms with Crippen LogP contribution in [0.2, 0.25) is 5.02 Å². The first-order valence-corrected chi connectivity index (χ1v) is 7.46. The van der Waals surface area contributed by atoms with Gasteiger partial charge >= 0.3 is 0 Å². The Morgan fingerprint density at radius 1 is 1.25 bits per heavy atom. The Morgan fingerprint density at radius 3 is 2.60 bits per heavy atom. The minimum atomic E-state index is -0.152. The van der Waals surface area contributed by atoms with Gasteiger partial charge in [-0.15, -0.1) is 11.8 Å². The van der Waals surface area contributed by atoms with Gasteiger partial charge in [0.25, 0.3) is 5.91 Å². The van der Waals surface area contributed by atoms with Crippen LogP contribution < -0.4 is 4.90 Å². The zero-order valence-electron chi connectivity index (χ0n) is 11.2. The van der Waals surface area contributed by atoms with Crippen LogP contribution in [0.3, 0.4) is 0 Å². The van der Waals surface area contributed by atoms with Crippen LogP contribution in [-0.2, 0) is 0 Å². The number of halogens is 1. The zero-order chi connectivity index (χ0) is 14.5. The smallest absolute Gasteiger partial charge is 0.260 e. The molecule has 20 heavy (non-hydrogen) atoms. The monoisotopic (exact) mass is 307 g/mol. The molecule has 0 radical (unpaired) electrons. The Hall–Kier alpha value is -1.59. The normalized spacial score (nSPS) is 10.3. The van der Waals surface area contributed by atoms with Crippen molar-refractivity contribution in [3.8, 4) is 0 Å². The summed E-state index contributed by atoms with van der Waals surface area (Å²) < 4.78 is 0. The Bertz CT molecular complexity index is 586. The third-order valence-electron chi connectivity index (χ3n) is 2.64. The average molecular weight is 308 g/mol. The van der Waals surface area contributed by atoms with Crippen molar-refractivity contribution >= 4 is 35.1 Å². The number of thioether (sulfide) groups is 1. The van der Waals surface area contributed by atoms with Gasteiger partial charge in [-0.25, -0.2) is 9.97 Å². The Balaban J connectivity index is 2.15. The summed E-state index contributed by atoms with van der Waals surface area (Å²) in [6.45, 7) is 2.06. The first kappa shape index (κ1) is 14.8. The maximum atomic E-state index is 12.3. The highest BCUT2D eigenvalue weighted by Crippen LogP contribution is 2.17. The summed E-state index contributed by atoms with van der Waals surface area (Å²) in [5, 5.41) is 1.45. The van der Waals surface area contributed by atoms with Crippen LogP contribution in [0.1, 0.15) is 17.3 Å². The summed E-state index contributed by atoms with van der Waals surface area (Å²) >= 11 is 7.42. The number of pyridine rings is 2. The number of amides is 1. The van der Waals surface area contributed by atoms with Crippen LogP contribution in [0, 0.1) is 0 Å². The lowest BCUT2D eigenvalue weighted by Crippen LogP contribution is -2.27. The van der Waals surface area contributed by atoms with Crippen LogP contribution in [0.4, 0.5) is 5.82 Å². The first-order valence-electron chi connectivity index (χ1n) is 6.10. The second-order valence-corrected chi connectivity index (χ2v) is 5.74. The molecule has 0 aliphatic carbocycles. The van der Waals surface area contributed by atoms with Crippen molar-refractivity contribution in [2.45, 2.75) is 11.9 Å². The van der Waals surface area contributed by atoms with Crippen LogP contribution in [0.5, 0.6) is 0 Å². The van der Waals surface area contributed by atoms with E-state index in [4.69, 9.17) is 11.6 Å². The molecule has 0 bridgehead atoms. The van der Waals surface area contributed by atoms with E-state index in [1.807, 2.05) is 6.07 Å². The van der Waals surface area contributed by atoms with Crippen LogP contribution in [0.25, 0.3) is 0 Å². The summed E-state index contributed by atoms with van der Waals surface area (Å²) in [5.74, 6) is 1.35. The van der Waals surface area contributed by atoms with Crippen molar-refractivity contribution in [2.75, 3.05) is 17.7 Å². The molecule has 6 heteroatoms. The molecule has 0 N–H and O–H groups in total. The molecule has 0 saturated heterocycles. The van der Waals surface area contributed by atoms with Crippen molar-refractivity contribution in [3.05, 3.63) is 47.2 Å². The molecule has 0 unspecified atom stereocenters. The van der Waals surface area contributed by atoms with Crippen molar-refractivity contribution < 1.29 is 4.79 Å². The van der Waals surface area contributed by atoms with Gasteiger partial charge in [0.1, 0.15) is 5.82 Å². The molecule has 0 aromatic carbocycles. The molecule has 0 spiro atoms. The number of hydrogen-bond donors (Lipinski definition) is 0.